The Balaban J connectivity index is 0.000000284. The van der Waals surface area contributed by atoms with Crippen LogP contribution in [0.2, 0.25) is 0 Å². The average molecular weight is 656 g/mol. The molecule has 5 rings (SSSR count). The van der Waals surface area contributed by atoms with Crippen molar-refractivity contribution in [3.63, 3.8) is 0 Å². The van der Waals surface area contributed by atoms with Gasteiger partial charge < -0.3 is 34.9 Å². The third-order valence-electron chi connectivity index (χ3n) is 7.56. The number of aromatic nitrogens is 5. The van der Waals surface area contributed by atoms with Crippen molar-refractivity contribution in [2.75, 3.05) is 20.7 Å². The first-order chi connectivity index (χ1) is 23.3. The van der Waals surface area contributed by atoms with Gasteiger partial charge in [0.1, 0.15) is 18.4 Å². The number of halogens is 1. The van der Waals surface area contributed by atoms with E-state index in [4.69, 9.17) is 0 Å². The fourth-order valence-corrected chi connectivity index (χ4v) is 4.95. The Morgan fingerprint density at radius 2 is 1.81 bits per heavy atom. The van der Waals surface area contributed by atoms with E-state index in [0.717, 1.165) is 71.5 Å². The van der Waals surface area contributed by atoms with E-state index in [0.29, 0.717) is 18.4 Å². The molecule has 11 nitrogen and oxygen atoms in total. The van der Waals surface area contributed by atoms with Crippen LogP contribution in [-0.4, -0.2) is 64.3 Å². The summed E-state index contributed by atoms with van der Waals surface area (Å²) < 4.78 is 16.8. The molecule has 4 aromatic rings. The number of benzene rings is 1. The number of ether oxygens (including phenoxy) is 1. The highest BCUT2D eigenvalue weighted by Gasteiger charge is 2.28. The number of allylic oxidation sites excluding steroid dienone is 4. The molecule has 1 saturated carbocycles. The second-order valence-corrected chi connectivity index (χ2v) is 10.8. The normalized spacial score (nSPS) is 15.2. The smallest absolute Gasteiger partial charge is 0.407 e. The molecule has 1 amide bonds. The molecule has 0 bridgehead atoms. The van der Waals surface area contributed by atoms with Gasteiger partial charge in [-0.3, -0.25) is 0 Å². The number of amides is 1. The molecule has 4 N–H and O–H groups in total. The van der Waals surface area contributed by atoms with Gasteiger partial charge in [-0.1, -0.05) is 68.5 Å². The van der Waals surface area contributed by atoms with Gasteiger partial charge in [0, 0.05) is 30.1 Å². The van der Waals surface area contributed by atoms with Crippen molar-refractivity contribution in [1.82, 2.24) is 35.6 Å². The van der Waals surface area contributed by atoms with E-state index in [1.54, 1.807) is 37.9 Å². The Labute approximate surface area is 279 Å². The van der Waals surface area contributed by atoms with Gasteiger partial charge in [0.2, 0.25) is 5.95 Å². The number of nitrogens with zero attached hydrogens (tertiary/aromatic N) is 3. The summed E-state index contributed by atoms with van der Waals surface area (Å²) in [7, 11) is 3.01. The standard InChI is InChI=1S/C25H26N4O.C7H9FN2.C4H7NO3/c1-17(19-9-11-20(12-10-19)24-13-26-16-28-24)7-8-18(2)23-14-27-25(29-23)22-6-4-3-5-21(22)15-30;1-9-5-6-3-2-4-10-7(6)8;1-8-4(7)5-2-3-6/h7-16,21-22H,1-6H2,(H,26,28)(H,27,29);2-4,9H,5H2,1H3;3H,2H2,1H3,(H,5,7)/b8-7-;;/t21?,22-;;/m1../s1. The zero-order valence-electron chi connectivity index (χ0n) is 27.2. The SMILES string of the molecule is C=C(/C=C\C(=C)c1cnc([C@@H]2CCCCC2C=O)[nH]1)c1ccc(-c2cnc[nH]2)cc1.CNCc1cccnc1F.COC(=O)NCC=O. The number of alkyl carbamates (subject to hydrolysis) is 1. The van der Waals surface area contributed by atoms with E-state index in [1.165, 1.54) is 13.3 Å². The van der Waals surface area contributed by atoms with Gasteiger partial charge in [-0.15, -0.1) is 0 Å². The van der Waals surface area contributed by atoms with Crippen molar-refractivity contribution in [2.24, 2.45) is 5.92 Å². The van der Waals surface area contributed by atoms with Crippen molar-refractivity contribution in [1.29, 1.82) is 0 Å². The molecule has 1 fully saturated rings. The Hall–Kier alpha value is -5.49. The van der Waals surface area contributed by atoms with Gasteiger partial charge in [0.15, 0.2) is 0 Å². The number of H-pyrrole nitrogens is 2. The van der Waals surface area contributed by atoms with Crippen LogP contribution in [0.5, 0.6) is 0 Å². The predicted octanol–water partition coefficient (Wildman–Crippen LogP) is 6.04. The summed E-state index contributed by atoms with van der Waals surface area (Å²) in [5.74, 6) is 0.748. The van der Waals surface area contributed by atoms with Gasteiger partial charge in [-0.25, -0.2) is 19.7 Å². The lowest BCUT2D eigenvalue weighted by Gasteiger charge is -2.25. The molecule has 1 unspecified atom stereocenters. The Bertz CT molecular complexity index is 1650. The van der Waals surface area contributed by atoms with Crippen LogP contribution in [0.3, 0.4) is 0 Å². The number of carbonyl (C=O) groups excluding carboxylic acids is 3. The number of imidazole rings is 2. The number of pyridine rings is 1. The fraction of sp³-hybridized carbons (Fsp3) is 0.278. The number of nitrogens with one attached hydrogen (secondary N) is 4. The second-order valence-electron chi connectivity index (χ2n) is 10.8. The fourth-order valence-electron chi connectivity index (χ4n) is 4.95. The summed E-state index contributed by atoms with van der Waals surface area (Å²) in [6.07, 6.45) is 15.9. The molecule has 252 valence electrons. The number of aromatic amines is 2. The molecular formula is C36H42FN7O4. The van der Waals surface area contributed by atoms with Crippen molar-refractivity contribution >= 4 is 29.8 Å². The van der Waals surface area contributed by atoms with Crippen LogP contribution in [0.1, 0.15) is 54.2 Å². The molecule has 1 aliphatic rings. The first-order valence-corrected chi connectivity index (χ1v) is 15.5. The van der Waals surface area contributed by atoms with E-state index >= 15 is 0 Å². The Morgan fingerprint density at radius 1 is 1.06 bits per heavy atom. The molecule has 1 aliphatic carbocycles. The number of rotatable bonds is 11. The maximum Gasteiger partial charge on any atom is 0.407 e. The number of carbonyl (C=O) groups is 3. The summed E-state index contributed by atoms with van der Waals surface area (Å²) in [6.45, 7) is 8.86. The lowest BCUT2D eigenvalue weighted by molar-refractivity contribution is -0.112. The van der Waals surface area contributed by atoms with Gasteiger partial charge in [-0.2, -0.15) is 4.39 Å². The predicted molar refractivity (Wildman–Crippen MR) is 184 cm³/mol. The largest absolute Gasteiger partial charge is 0.453 e. The van der Waals surface area contributed by atoms with Crippen LogP contribution in [-0.2, 0) is 20.9 Å². The minimum atomic E-state index is -0.586. The molecule has 0 spiro atoms. The van der Waals surface area contributed by atoms with E-state index in [2.05, 4.69) is 53.4 Å². The number of aldehydes is 2. The summed E-state index contributed by atoms with van der Waals surface area (Å²) in [4.78, 5) is 49.6. The van der Waals surface area contributed by atoms with Crippen LogP contribution in [0.4, 0.5) is 9.18 Å². The summed E-state index contributed by atoms with van der Waals surface area (Å²) >= 11 is 0. The van der Waals surface area contributed by atoms with E-state index in [1.807, 2.05) is 36.4 Å². The number of hydrogen-bond acceptors (Lipinski definition) is 8. The maximum absolute atomic E-state index is 12.6. The minimum Gasteiger partial charge on any atom is -0.453 e. The third-order valence-corrected chi connectivity index (χ3v) is 7.56. The first-order valence-electron chi connectivity index (χ1n) is 15.5. The summed E-state index contributed by atoms with van der Waals surface area (Å²) in [5.41, 5.74) is 6.33. The highest BCUT2D eigenvalue weighted by Crippen LogP contribution is 2.35. The summed E-state index contributed by atoms with van der Waals surface area (Å²) in [5, 5.41) is 5.00. The highest BCUT2D eigenvalue weighted by atomic mass is 19.1. The van der Waals surface area contributed by atoms with E-state index in [9.17, 15) is 18.8 Å². The summed E-state index contributed by atoms with van der Waals surface area (Å²) in [6, 6.07) is 11.6. The van der Waals surface area contributed by atoms with Crippen LogP contribution < -0.4 is 10.6 Å². The lowest BCUT2D eigenvalue weighted by Crippen LogP contribution is -2.24. The van der Waals surface area contributed by atoms with Gasteiger partial charge in [0.25, 0.3) is 0 Å². The molecule has 0 saturated heterocycles. The van der Waals surface area contributed by atoms with E-state index in [-0.39, 0.29) is 18.4 Å². The topological polar surface area (TPSA) is 155 Å². The molecule has 12 heteroatoms. The number of methoxy groups -OCH3 is 1. The zero-order chi connectivity index (χ0) is 34.7. The Kier molecular flexibility index (Phi) is 15.3. The molecular weight excluding hydrogens is 613 g/mol. The molecule has 0 radical (unpaired) electrons. The van der Waals surface area contributed by atoms with Crippen LogP contribution in [0.25, 0.3) is 22.4 Å². The molecule has 2 atom stereocenters. The number of hydrogen-bond donors (Lipinski definition) is 4. The lowest BCUT2D eigenvalue weighted by atomic mass is 9.80. The second kappa shape index (κ2) is 19.9. The minimum absolute atomic E-state index is 0.00662. The monoisotopic (exact) mass is 655 g/mol. The van der Waals surface area contributed by atoms with Gasteiger partial charge >= 0.3 is 6.09 Å². The third kappa shape index (κ3) is 11.4. The van der Waals surface area contributed by atoms with Crippen molar-refractivity contribution < 1.29 is 23.5 Å². The van der Waals surface area contributed by atoms with Crippen molar-refractivity contribution in [2.45, 2.75) is 38.1 Å². The Morgan fingerprint density at radius 3 is 2.46 bits per heavy atom. The van der Waals surface area contributed by atoms with Crippen molar-refractivity contribution in [3.8, 4) is 11.3 Å². The molecule has 48 heavy (non-hydrogen) atoms. The van der Waals surface area contributed by atoms with Gasteiger partial charge in [0.05, 0.1) is 43.8 Å². The molecule has 1 aromatic carbocycles. The van der Waals surface area contributed by atoms with Gasteiger partial charge in [-0.05, 0) is 48.2 Å². The molecule has 3 aromatic heterocycles. The highest BCUT2D eigenvalue weighted by molar-refractivity contribution is 5.79. The molecule has 3 heterocycles. The van der Waals surface area contributed by atoms with Crippen LogP contribution in [0.15, 0.2) is 86.6 Å². The first kappa shape index (κ1) is 37.0. The van der Waals surface area contributed by atoms with Crippen LogP contribution >= 0.6 is 0 Å². The van der Waals surface area contributed by atoms with Crippen LogP contribution in [0, 0.1) is 11.9 Å². The maximum atomic E-state index is 12.6. The van der Waals surface area contributed by atoms with Crippen molar-refractivity contribution in [3.05, 3.63) is 115 Å². The quantitative estimate of drug-likeness (QED) is 0.0867. The van der Waals surface area contributed by atoms with E-state index < -0.39 is 12.0 Å². The zero-order valence-corrected chi connectivity index (χ0v) is 27.2. The molecule has 0 aliphatic heterocycles. The average Bonchev–Trinajstić information content (AvgIpc) is 3.85.